The number of hydrogen-bond donors (Lipinski definition) is 1. The van der Waals surface area contributed by atoms with Crippen LogP contribution in [0.25, 0.3) is 0 Å². The van der Waals surface area contributed by atoms with E-state index in [0.29, 0.717) is 37.3 Å². The minimum Gasteiger partial charge on any atom is -0.378 e. The molecule has 27 heavy (non-hydrogen) atoms. The van der Waals surface area contributed by atoms with Gasteiger partial charge in [-0.1, -0.05) is 26.0 Å². The molecule has 1 aliphatic heterocycles. The minimum atomic E-state index is -0.280. The zero-order chi connectivity index (χ0) is 19.6. The van der Waals surface area contributed by atoms with E-state index < -0.39 is 0 Å². The summed E-state index contributed by atoms with van der Waals surface area (Å²) in [6.07, 6.45) is 0.715. The zero-order valence-electron chi connectivity index (χ0n) is 16.2. The molecule has 0 fully saturated rings. The quantitative estimate of drug-likeness (QED) is 0.443. The van der Waals surface area contributed by atoms with E-state index in [2.05, 4.69) is 24.1 Å². The molecule has 1 aromatic carbocycles. The first-order chi connectivity index (χ1) is 13.1. The van der Waals surface area contributed by atoms with Crippen LogP contribution in [0.15, 0.2) is 24.3 Å². The van der Waals surface area contributed by atoms with Gasteiger partial charge in [0, 0.05) is 26.1 Å². The number of ether oxygens (including phenoxy) is 1. The first kappa shape index (κ1) is 21.1. The number of benzene rings is 1. The highest BCUT2D eigenvalue weighted by Crippen LogP contribution is 2.22. The third kappa shape index (κ3) is 5.87. The molecule has 1 heterocycles. The van der Waals surface area contributed by atoms with Crippen LogP contribution >= 0.6 is 0 Å². The SMILES string of the molecule is CCN(CC)CCOCCNC(=O)CCCN1C(=O)c2ccccc2C1=O. The summed E-state index contributed by atoms with van der Waals surface area (Å²) in [6.45, 7) is 8.97. The van der Waals surface area contributed by atoms with Crippen molar-refractivity contribution in [2.24, 2.45) is 0 Å². The Hall–Kier alpha value is -2.25. The maximum atomic E-state index is 12.2. The molecule has 1 aliphatic rings. The number of nitrogens with zero attached hydrogens (tertiary/aromatic N) is 2. The molecule has 7 heteroatoms. The van der Waals surface area contributed by atoms with Crippen LogP contribution < -0.4 is 5.32 Å². The first-order valence-electron chi connectivity index (χ1n) is 9.60. The number of carbonyl (C=O) groups excluding carboxylic acids is 3. The lowest BCUT2D eigenvalue weighted by Gasteiger charge is -2.17. The number of hydrogen-bond acceptors (Lipinski definition) is 5. The number of imide groups is 1. The summed E-state index contributed by atoms with van der Waals surface area (Å²) in [7, 11) is 0. The highest BCUT2D eigenvalue weighted by molar-refractivity contribution is 6.21. The summed E-state index contributed by atoms with van der Waals surface area (Å²) in [4.78, 5) is 39.8. The smallest absolute Gasteiger partial charge is 0.261 e. The Kier molecular flexibility index (Phi) is 8.42. The van der Waals surface area contributed by atoms with Crippen molar-refractivity contribution in [3.63, 3.8) is 0 Å². The van der Waals surface area contributed by atoms with Crippen LogP contribution in [0.5, 0.6) is 0 Å². The van der Waals surface area contributed by atoms with E-state index >= 15 is 0 Å². The molecule has 0 bridgehead atoms. The van der Waals surface area contributed by atoms with E-state index in [1.165, 1.54) is 4.90 Å². The molecule has 0 unspecified atom stereocenters. The lowest BCUT2D eigenvalue weighted by atomic mass is 10.1. The van der Waals surface area contributed by atoms with Crippen molar-refractivity contribution in [1.82, 2.24) is 15.1 Å². The van der Waals surface area contributed by atoms with Crippen LogP contribution in [-0.4, -0.2) is 73.5 Å². The van der Waals surface area contributed by atoms with Crippen molar-refractivity contribution in [2.75, 3.05) is 45.9 Å². The van der Waals surface area contributed by atoms with Gasteiger partial charge in [0.15, 0.2) is 0 Å². The van der Waals surface area contributed by atoms with Crippen LogP contribution in [-0.2, 0) is 9.53 Å². The Bertz CT molecular complexity index is 623. The van der Waals surface area contributed by atoms with Crippen molar-refractivity contribution < 1.29 is 19.1 Å². The van der Waals surface area contributed by atoms with Crippen molar-refractivity contribution >= 4 is 17.7 Å². The molecule has 0 atom stereocenters. The summed E-state index contributed by atoms with van der Waals surface area (Å²) in [6, 6.07) is 6.79. The molecule has 148 valence electrons. The van der Waals surface area contributed by atoms with Crippen LogP contribution in [0.3, 0.4) is 0 Å². The first-order valence-corrected chi connectivity index (χ1v) is 9.60. The largest absolute Gasteiger partial charge is 0.378 e. The zero-order valence-corrected chi connectivity index (χ0v) is 16.2. The fraction of sp³-hybridized carbons (Fsp3) is 0.550. The Morgan fingerprint density at radius 1 is 1.07 bits per heavy atom. The molecule has 3 amide bonds. The molecule has 0 aromatic heterocycles. The van der Waals surface area contributed by atoms with Gasteiger partial charge in [-0.25, -0.2) is 0 Å². The summed E-state index contributed by atoms with van der Waals surface area (Å²) < 4.78 is 5.51. The van der Waals surface area contributed by atoms with Gasteiger partial charge in [0.2, 0.25) is 5.91 Å². The van der Waals surface area contributed by atoms with Gasteiger partial charge >= 0.3 is 0 Å². The van der Waals surface area contributed by atoms with E-state index in [4.69, 9.17) is 4.74 Å². The standard InChI is InChI=1S/C20H29N3O4/c1-3-22(4-2)13-15-27-14-11-21-18(24)10-7-12-23-19(25)16-8-5-6-9-17(16)20(23)26/h5-6,8-9H,3-4,7,10-15H2,1-2H3,(H,21,24). The Morgan fingerprint density at radius 2 is 1.70 bits per heavy atom. The topological polar surface area (TPSA) is 79.0 Å². The van der Waals surface area contributed by atoms with Gasteiger partial charge < -0.3 is 15.0 Å². The average Bonchev–Trinajstić information content (AvgIpc) is 2.92. The number of carbonyl (C=O) groups is 3. The van der Waals surface area contributed by atoms with Crippen molar-refractivity contribution in [3.8, 4) is 0 Å². The second-order valence-corrected chi connectivity index (χ2v) is 6.40. The van der Waals surface area contributed by atoms with E-state index in [-0.39, 0.29) is 30.7 Å². The van der Waals surface area contributed by atoms with Gasteiger partial charge in [-0.15, -0.1) is 0 Å². The normalized spacial score (nSPS) is 13.4. The number of rotatable bonds is 12. The Labute approximate surface area is 160 Å². The molecular formula is C20H29N3O4. The second-order valence-electron chi connectivity index (χ2n) is 6.40. The van der Waals surface area contributed by atoms with Crippen LogP contribution in [0, 0.1) is 0 Å². The van der Waals surface area contributed by atoms with E-state index in [1.807, 2.05) is 0 Å². The summed E-state index contributed by atoms with van der Waals surface area (Å²) in [5.41, 5.74) is 0.877. The van der Waals surface area contributed by atoms with E-state index in [1.54, 1.807) is 24.3 Å². The number of fused-ring (bicyclic) bond motifs is 1. The lowest BCUT2D eigenvalue weighted by Crippen LogP contribution is -2.33. The second kappa shape index (κ2) is 10.8. The molecule has 0 saturated carbocycles. The van der Waals surface area contributed by atoms with Crippen molar-refractivity contribution in [3.05, 3.63) is 35.4 Å². The van der Waals surface area contributed by atoms with Crippen LogP contribution in [0.4, 0.5) is 0 Å². The van der Waals surface area contributed by atoms with E-state index in [0.717, 1.165) is 19.6 Å². The van der Waals surface area contributed by atoms with Gasteiger partial charge in [0.25, 0.3) is 11.8 Å². The maximum Gasteiger partial charge on any atom is 0.261 e. The lowest BCUT2D eigenvalue weighted by molar-refractivity contribution is -0.121. The van der Waals surface area contributed by atoms with Crippen LogP contribution in [0.2, 0.25) is 0 Å². The predicted molar refractivity (Wildman–Crippen MR) is 103 cm³/mol. The molecule has 0 aliphatic carbocycles. The number of amides is 3. The highest BCUT2D eigenvalue weighted by Gasteiger charge is 2.34. The fourth-order valence-electron chi connectivity index (χ4n) is 3.03. The third-order valence-corrected chi connectivity index (χ3v) is 4.68. The molecule has 1 aromatic rings. The van der Waals surface area contributed by atoms with Gasteiger partial charge in [-0.2, -0.15) is 0 Å². The van der Waals surface area contributed by atoms with Gasteiger partial charge in [-0.3, -0.25) is 19.3 Å². The van der Waals surface area contributed by atoms with Gasteiger partial charge in [-0.05, 0) is 31.6 Å². The molecule has 1 N–H and O–H groups in total. The Morgan fingerprint density at radius 3 is 2.30 bits per heavy atom. The molecular weight excluding hydrogens is 346 g/mol. The monoisotopic (exact) mass is 375 g/mol. The summed E-state index contributed by atoms with van der Waals surface area (Å²) in [5.74, 6) is -0.658. The van der Waals surface area contributed by atoms with Crippen molar-refractivity contribution in [1.29, 1.82) is 0 Å². The minimum absolute atomic E-state index is 0.0982. The Balaban J connectivity index is 1.58. The predicted octanol–water partition coefficient (Wildman–Crippen LogP) is 1.54. The van der Waals surface area contributed by atoms with Gasteiger partial charge in [0.05, 0.1) is 24.3 Å². The average molecular weight is 375 g/mol. The summed E-state index contributed by atoms with van der Waals surface area (Å²) >= 11 is 0. The van der Waals surface area contributed by atoms with Crippen LogP contribution in [0.1, 0.15) is 47.4 Å². The molecule has 7 nitrogen and oxygen atoms in total. The van der Waals surface area contributed by atoms with E-state index in [9.17, 15) is 14.4 Å². The molecule has 0 saturated heterocycles. The third-order valence-electron chi connectivity index (χ3n) is 4.68. The summed E-state index contributed by atoms with van der Waals surface area (Å²) in [5, 5.41) is 2.80. The fourth-order valence-corrected chi connectivity index (χ4v) is 3.03. The maximum absolute atomic E-state index is 12.2. The molecule has 0 spiro atoms. The number of likely N-dealkylation sites (N-methyl/N-ethyl adjacent to an activating group) is 1. The number of nitrogens with one attached hydrogen (secondary N) is 1. The molecule has 2 rings (SSSR count). The van der Waals surface area contributed by atoms with Crippen molar-refractivity contribution in [2.45, 2.75) is 26.7 Å². The van der Waals surface area contributed by atoms with Gasteiger partial charge in [0.1, 0.15) is 0 Å². The molecule has 0 radical (unpaired) electrons. The highest BCUT2D eigenvalue weighted by atomic mass is 16.5.